The fraction of sp³-hybridized carbons (Fsp3) is 0.115. The zero-order chi connectivity index (χ0) is 25.7. The second-order valence-electron chi connectivity index (χ2n) is 8.44. The zero-order valence-electron chi connectivity index (χ0n) is 19.1. The lowest BCUT2D eigenvalue weighted by Gasteiger charge is -2.23. The van der Waals surface area contributed by atoms with Crippen LogP contribution in [0.5, 0.6) is 0 Å². The van der Waals surface area contributed by atoms with Gasteiger partial charge in [0.1, 0.15) is 11.6 Å². The molecule has 0 saturated carbocycles. The van der Waals surface area contributed by atoms with E-state index in [1.165, 1.54) is 42.5 Å². The largest absolute Gasteiger partial charge is 0.507 e. The minimum atomic E-state index is -1.10. The average Bonchev–Trinajstić information content (AvgIpc) is 3.38. The molecule has 1 aliphatic heterocycles. The Bertz CT molecular complexity index is 1610. The number of anilines is 1. The van der Waals surface area contributed by atoms with Crippen molar-refractivity contribution in [2.45, 2.75) is 19.9 Å². The molecule has 2 heterocycles. The first-order valence-corrected chi connectivity index (χ1v) is 11.7. The first-order valence-electron chi connectivity index (χ1n) is 10.8. The van der Waals surface area contributed by atoms with Crippen LogP contribution in [-0.4, -0.2) is 26.7 Å². The number of amides is 1. The Hall–Kier alpha value is -4.44. The van der Waals surface area contributed by atoms with Crippen LogP contribution < -0.4 is 4.90 Å². The molecule has 0 aliphatic carbocycles. The molecule has 1 unspecified atom stereocenters. The van der Waals surface area contributed by atoms with E-state index in [4.69, 9.17) is 0 Å². The number of Topliss-reactive ketones (excluding diaryl/α,β-unsaturated/α-hetero) is 1. The number of aryl methyl sites for hydroxylation is 2. The number of aromatic nitrogens is 1. The van der Waals surface area contributed by atoms with Gasteiger partial charge in [0.2, 0.25) is 0 Å². The summed E-state index contributed by atoms with van der Waals surface area (Å²) >= 11 is 1.03. The van der Waals surface area contributed by atoms with Crippen LogP contribution in [-0.2, 0) is 9.59 Å². The number of carbonyl (C=O) groups excluding carboxylic acids is 2. The molecule has 1 saturated heterocycles. The summed E-state index contributed by atoms with van der Waals surface area (Å²) < 4.78 is 14.3. The maximum atomic E-state index is 13.8. The van der Waals surface area contributed by atoms with Gasteiger partial charge in [0.05, 0.1) is 26.8 Å². The number of nitro groups is 1. The van der Waals surface area contributed by atoms with Gasteiger partial charge in [0.25, 0.3) is 11.5 Å². The number of carbonyl (C=O) groups is 2. The van der Waals surface area contributed by atoms with Crippen molar-refractivity contribution in [2.75, 3.05) is 4.90 Å². The topological polar surface area (TPSA) is 114 Å². The second kappa shape index (κ2) is 8.65. The number of rotatable bonds is 4. The number of aliphatic hydroxyl groups excluding tert-OH is 1. The van der Waals surface area contributed by atoms with Crippen LogP contribution in [0.2, 0.25) is 0 Å². The molecule has 5 rings (SSSR count). The molecule has 3 aromatic carbocycles. The van der Waals surface area contributed by atoms with Gasteiger partial charge in [0, 0.05) is 17.7 Å². The van der Waals surface area contributed by atoms with Crippen LogP contribution in [0.4, 0.5) is 15.2 Å². The highest BCUT2D eigenvalue weighted by Crippen LogP contribution is 2.44. The number of non-ortho nitro benzene ring substituents is 1. The molecular formula is C26H18FN3O5S. The third kappa shape index (κ3) is 3.81. The van der Waals surface area contributed by atoms with Gasteiger partial charge in [-0.2, -0.15) is 0 Å². The maximum absolute atomic E-state index is 13.8. The van der Waals surface area contributed by atoms with Crippen LogP contribution >= 0.6 is 11.3 Å². The summed E-state index contributed by atoms with van der Waals surface area (Å²) in [5.74, 6) is -2.65. The monoisotopic (exact) mass is 503 g/mol. The number of halogens is 1. The summed E-state index contributed by atoms with van der Waals surface area (Å²) in [5, 5.41) is 22.7. The normalized spacial score (nSPS) is 17.2. The lowest BCUT2D eigenvalue weighted by molar-refractivity contribution is -0.384. The predicted octanol–water partition coefficient (Wildman–Crippen LogP) is 5.59. The number of thiazole rings is 1. The van der Waals surface area contributed by atoms with Crippen molar-refractivity contribution in [1.29, 1.82) is 0 Å². The van der Waals surface area contributed by atoms with E-state index in [9.17, 15) is 29.2 Å². The number of ketones is 1. The van der Waals surface area contributed by atoms with E-state index in [1.54, 1.807) is 19.1 Å². The first-order chi connectivity index (χ1) is 17.2. The van der Waals surface area contributed by atoms with Crippen molar-refractivity contribution < 1.29 is 24.0 Å². The predicted molar refractivity (Wildman–Crippen MR) is 133 cm³/mol. The van der Waals surface area contributed by atoms with Crippen molar-refractivity contribution in [3.8, 4) is 0 Å². The Morgan fingerprint density at radius 1 is 1.08 bits per heavy atom. The van der Waals surface area contributed by atoms with Crippen LogP contribution in [0.1, 0.15) is 28.3 Å². The van der Waals surface area contributed by atoms with E-state index in [2.05, 4.69) is 4.98 Å². The molecule has 1 aromatic heterocycles. The Balaban J connectivity index is 1.75. The fourth-order valence-corrected chi connectivity index (χ4v) is 5.27. The van der Waals surface area contributed by atoms with E-state index < -0.39 is 28.5 Å². The summed E-state index contributed by atoms with van der Waals surface area (Å²) in [6.07, 6.45) is 0. The molecule has 4 aromatic rings. The number of nitro benzene ring substituents is 1. The minimum Gasteiger partial charge on any atom is -0.507 e. The van der Waals surface area contributed by atoms with Gasteiger partial charge in [-0.3, -0.25) is 24.6 Å². The van der Waals surface area contributed by atoms with Gasteiger partial charge < -0.3 is 5.11 Å². The van der Waals surface area contributed by atoms with Crippen LogP contribution in [0, 0.1) is 29.8 Å². The quantitative estimate of drug-likeness (QED) is 0.128. The summed E-state index contributed by atoms with van der Waals surface area (Å²) in [6, 6.07) is 13.7. The van der Waals surface area contributed by atoms with E-state index in [0.717, 1.165) is 21.8 Å². The lowest BCUT2D eigenvalue weighted by Crippen LogP contribution is -2.29. The Morgan fingerprint density at radius 3 is 2.50 bits per heavy atom. The molecule has 1 amide bonds. The van der Waals surface area contributed by atoms with Crippen LogP contribution in [0.3, 0.4) is 0 Å². The molecule has 1 fully saturated rings. The number of hydrogen-bond acceptors (Lipinski definition) is 7. The zero-order valence-corrected chi connectivity index (χ0v) is 19.9. The van der Waals surface area contributed by atoms with Crippen molar-refractivity contribution in [3.63, 3.8) is 0 Å². The summed E-state index contributed by atoms with van der Waals surface area (Å²) in [7, 11) is 0. The third-order valence-corrected chi connectivity index (χ3v) is 7.07. The van der Waals surface area contributed by atoms with E-state index in [0.29, 0.717) is 26.9 Å². The molecule has 36 heavy (non-hydrogen) atoms. The first kappa shape index (κ1) is 23.3. The Kier molecular flexibility index (Phi) is 5.60. The van der Waals surface area contributed by atoms with Crippen molar-refractivity contribution in [2.24, 2.45) is 0 Å². The van der Waals surface area contributed by atoms with E-state index >= 15 is 0 Å². The molecular weight excluding hydrogens is 485 g/mol. The van der Waals surface area contributed by atoms with Gasteiger partial charge in [-0.25, -0.2) is 9.37 Å². The highest BCUT2D eigenvalue weighted by Gasteiger charge is 2.48. The van der Waals surface area contributed by atoms with Crippen molar-refractivity contribution >= 4 is 49.8 Å². The van der Waals surface area contributed by atoms with Gasteiger partial charge in [-0.15, -0.1) is 0 Å². The third-order valence-electron chi connectivity index (χ3n) is 6.06. The molecule has 1 aliphatic rings. The number of nitrogens with zero attached hydrogens (tertiary/aromatic N) is 3. The summed E-state index contributed by atoms with van der Waals surface area (Å²) in [6.45, 7) is 3.61. The van der Waals surface area contributed by atoms with E-state index in [-0.39, 0.29) is 22.2 Å². The van der Waals surface area contributed by atoms with Gasteiger partial charge in [-0.1, -0.05) is 29.0 Å². The summed E-state index contributed by atoms with van der Waals surface area (Å²) in [4.78, 5) is 42.9. The Morgan fingerprint density at radius 2 is 1.81 bits per heavy atom. The molecule has 0 bridgehead atoms. The van der Waals surface area contributed by atoms with Crippen molar-refractivity contribution in [3.05, 3.63) is 104 Å². The van der Waals surface area contributed by atoms with Gasteiger partial charge in [-0.05, 0) is 61.4 Å². The number of aliphatic hydroxyl groups is 1. The average molecular weight is 504 g/mol. The molecule has 180 valence electrons. The fourth-order valence-electron chi connectivity index (χ4n) is 4.25. The van der Waals surface area contributed by atoms with Gasteiger partial charge >= 0.3 is 5.91 Å². The molecule has 8 nitrogen and oxygen atoms in total. The summed E-state index contributed by atoms with van der Waals surface area (Å²) in [5.41, 5.74) is 2.42. The number of benzene rings is 3. The SMILES string of the molecule is Cc1ccc(C)c(/C(O)=C2\C(=O)C(=O)N(c3nc4ccc(F)cc4s3)C2c2ccc([N+](=O)[O-])cc2)c1. The van der Waals surface area contributed by atoms with Crippen molar-refractivity contribution in [1.82, 2.24) is 4.98 Å². The molecule has 1 N–H and O–H groups in total. The number of fused-ring (bicyclic) bond motifs is 1. The second-order valence-corrected chi connectivity index (χ2v) is 9.45. The van der Waals surface area contributed by atoms with Gasteiger partial charge in [0.15, 0.2) is 5.13 Å². The lowest BCUT2D eigenvalue weighted by atomic mass is 9.93. The minimum absolute atomic E-state index is 0.140. The molecule has 0 radical (unpaired) electrons. The highest BCUT2D eigenvalue weighted by molar-refractivity contribution is 7.22. The molecule has 1 atom stereocenters. The highest BCUT2D eigenvalue weighted by atomic mass is 32.1. The standard InChI is InChI=1S/C26H18FN3O5S/c1-13-3-4-14(2)18(11-13)23(31)21-22(15-5-8-17(9-6-15)30(34)35)29(25(33)24(21)32)26-28-19-10-7-16(27)12-20(19)36-26/h3-12,22,31H,1-2H3/b23-21+. The number of hydrogen-bond donors (Lipinski definition) is 1. The van der Waals surface area contributed by atoms with E-state index in [1.807, 2.05) is 13.0 Å². The van der Waals surface area contributed by atoms with Crippen LogP contribution in [0.15, 0.2) is 66.2 Å². The van der Waals surface area contributed by atoms with Crippen LogP contribution in [0.25, 0.3) is 16.0 Å². The maximum Gasteiger partial charge on any atom is 0.301 e. The Labute approximate surface area is 208 Å². The molecule has 0 spiro atoms. The molecule has 10 heteroatoms. The smallest absolute Gasteiger partial charge is 0.301 e.